The summed E-state index contributed by atoms with van der Waals surface area (Å²) in [7, 11) is 1.88. The third-order valence-electron chi connectivity index (χ3n) is 2.20. The van der Waals surface area contributed by atoms with Crippen LogP contribution >= 0.6 is 0 Å². The summed E-state index contributed by atoms with van der Waals surface area (Å²) in [6.45, 7) is 4.80. The number of benzene rings is 1. The van der Waals surface area contributed by atoms with Gasteiger partial charge >= 0.3 is 0 Å². The minimum absolute atomic E-state index is 0.382. The van der Waals surface area contributed by atoms with Crippen LogP contribution in [-0.2, 0) is 6.54 Å². The summed E-state index contributed by atoms with van der Waals surface area (Å²) in [6.07, 6.45) is 0. The van der Waals surface area contributed by atoms with Gasteiger partial charge in [0, 0.05) is 12.1 Å². The SMILES string of the molecule is CNCc1c(O)ccc(C)c1C. The van der Waals surface area contributed by atoms with Gasteiger partial charge in [-0.3, -0.25) is 0 Å². The van der Waals surface area contributed by atoms with Crippen molar-refractivity contribution in [2.75, 3.05) is 7.05 Å². The van der Waals surface area contributed by atoms with Crippen molar-refractivity contribution in [2.24, 2.45) is 0 Å². The molecule has 0 amide bonds. The molecule has 0 aromatic heterocycles. The first-order chi connectivity index (χ1) is 5.66. The number of rotatable bonds is 2. The molecule has 12 heavy (non-hydrogen) atoms. The lowest BCUT2D eigenvalue weighted by molar-refractivity contribution is 0.465. The molecule has 0 saturated heterocycles. The lowest BCUT2D eigenvalue weighted by atomic mass is 10.0. The van der Waals surface area contributed by atoms with E-state index < -0.39 is 0 Å². The van der Waals surface area contributed by atoms with E-state index in [0.29, 0.717) is 5.75 Å². The second-order valence-electron chi connectivity index (χ2n) is 3.04. The number of aromatic hydroxyl groups is 1. The summed E-state index contributed by atoms with van der Waals surface area (Å²) >= 11 is 0. The topological polar surface area (TPSA) is 32.3 Å². The van der Waals surface area contributed by atoms with Crippen LogP contribution in [0.4, 0.5) is 0 Å². The van der Waals surface area contributed by atoms with Gasteiger partial charge in [-0.25, -0.2) is 0 Å². The highest BCUT2D eigenvalue weighted by molar-refractivity contribution is 5.42. The highest BCUT2D eigenvalue weighted by Gasteiger charge is 2.04. The van der Waals surface area contributed by atoms with Gasteiger partial charge in [0.2, 0.25) is 0 Å². The molecular weight excluding hydrogens is 150 g/mol. The quantitative estimate of drug-likeness (QED) is 0.699. The minimum atomic E-state index is 0.382. The summed E-state index contributed by atoms with van der Waals surface area (Å²) in [5.74, 6) is 0.382. The molecule has 0 saturated carbocycles. The van der Waals surface area contributed by atoms with Crippen LogP contribution in [0.15, 0.2) is 12.1 Å². The van der Waals surface area contributed by atoms with Gasteiger partial charge < -0.3 is 10.4 Å². The number of phenols is 1. The summed E-state index contributed by atoms with van der Waals surface area (Å²) in [5, 5.41) is 12.5. The van der Waals surface area contributed by atoms with Gasteiger partial charge in [0.15, 0.2) is 0 Å². The molecule has 0 spiro atoms. The molecule has 0 radical (unpaired) electrons. The highest BCUT2D eigenvalue weighted by Crippen LogP contribution is 2.22. The smallest absolute Gasteiger partial charge is 0.120 e. The second-order valence-corrected chi connectivity index (χ2v) is 3.04. The van der Waals surface area contributed by atoms with Crippen LogP contribution in [0.2, 0.25) is 0 Å². The van der Waals surface area contributed by atoms with E-state index in [1.807, 2.05) is 27.0 Å². The summed E-state index contributed by atoms with van der Waals surface area (Å²) in [5.41, 5.74) is 3.39. The Morgan fingerprint density at radius 2 is 2.00 bits per heavy atom. The number of hydrogen-bond acceptors (Lipinski definition) is 2. The molecule has 0 fully saturated rings. The molecule has 1 rings (SSSR count). The largest absolute Gasteiger partial charge is 0.508 e. The van der Waals surface area contributed by atoms with Gasteiger partial charge in [0.05, 0.1) is 0 Å². The van der Waals surface area contributed by atoms with Gasteiger partial charge in [0.25, 0.3) is 0 Å². The van der Waals surface area contributed by atoms with Crippen molar-refractivity contribution < 1.29 is 5.11 Å². The van der Waals surface area contributed by atoms with Crippen molar-refractivity contribution in [1.82, 2.24) is 5.32 Å². The molecule has 0 atom stereocenters. The first-order valence-corrected chi connectivity index (χ1v) is 4.09. The Morgan fingerprint density at radius 3 is 2.58 bits per heavy atom. The van der Waals surface area contributed by atoms with Crippen LogP contribution in [0.25, 0.3) is 0 Å². The number of phenolic OH excluding ortho intramolecular Hbond substituents is 1. The van der Waals surface area contributed by atoms with Gasteiger partial charge in [-0.15, -0.1) is 0 Å². The zero-order valence-corrected chi connectivity index (χ0v) is 7.81. The van der Waals surface area contributed by atoms with Gasteiger partial charge in [-0.2, -0.15) is 0 Å². The van der Waals surface area contributed by atoms with Crippen molar-refractivity contribution >= 4 is 0 Å². The highest BCUT2D eigenvalue weighted by atomic mass is 16.3. The number of aryl methyl sites for hydroxylation is 1. The van der Waals surface area contributed by atoms with E-state index in [1.165, 1.54) is 11.1 Å². The molecule has 0 aliphatic heterocycles. The molecule has 0 bridgehead atoms. The third kappa shape index (κ3) is 1.59. The maximum absolute atomic E-state index is 9.51. The molecule has 2 N–H and O–H groups in total. The van der Waals surface area contributed by atoms with Crippen molar-refractivity contribution in [3.63, 3.8) is 0 Å². The summed E-state index contributed by atoms with van der Waals surface area (Å²) in [6, 6.07) is 3.68. The van der Waals surface area contributed by atoms with E-state index in [1.54, 1.807) is 6.07 Å². The Labute approximate surface area is 73.2 Å². The average molecular weight is 165 g/mol. The zero-order chi connectivity index (χ0) is 9.14. The Hall–Kier alpha value is -1.02. The zero-order valence-electron chi connectivity index (χ0n) is 7.81. The number of hydrogen-bond donors (Lipinski definition) is 2. The summed E-state index contributed by atoms with van der Waals surface area (Å²) < 4.78 is 0. The molecule has 0 heterocycles. The first kappa shape index (κ1) is 9.07. The molecule has 0 aliphatic rings. The predicted octanol–water partition coefficient (Wildman–Crippen LogP) is 1.73. The first-order valence-electron chi connectivity index (χ1n) is 4.09. The van der Waals surface area contributed by atoms with E-state index in [-0.39, 0.29) is 0 Å². The fourth-order valence-corrected chi connectivity index (χ4v) is 1.26. The van der Waals surface area contributed by atoms with Gasteiger partial charge in [-0.05, 0) is 38.1 Å². The van der Waals surface area contributed by atoms with Crippen molar-refractivity contribution in [2.45, 2.75) is 20.4 Å². The lowest BCUT2D eigenvalue weighted by Gasteiger charge is -2.09. The van der Waals surface area contributed by atoms with Crippen LogP contribution in [0.3, 0.4) is 0 Å². The fourth-order valence-electron chi connectivity index (χ4n) is 1.26. The second kappa shape index (κ2) is 3.59. The Morgan fingerprint density at radius 1 is 1.33 bits per heavy atom. The van der Waals surface area contributed by atoms with Crippen LogP contribution < -0.4 is 5.32 Å². The van der Waals surface area contributed by atoms with Gasteiger partial charge in [-0.1, -0.05) is 6.07 Å². The minimum Gasteiger partial charge on any atom is -0.508 e. The van der Waals surface area contributed by atoms with Crippen LogP contribution in [0.1, 0.15) is 16.7 Å². The predicted molar refractivity (Wildman–Crippen MR) is 50.3 cm³/mol. The van der Waals surface area contributed by atoms with Crippen LogP contribution in [0.5, 0.6) is 5.75 Å². The van der Waals surface area contributed by atoms with E-state index in [0.717, 1.165) is 12.1 Å². The van der Waals surface area contributed by atoms with E-state index in [2.05, 4.69) is 5.32 Å². The maximum Gasteiger partial charge on any atom is 0.120 e. The van der Waals surface area contributed by atoms with Crippen LogP contribution in [0, 0.1) is 13.8 Å². The molecule has 0 aliphatic carbocycles. The lowest BCUT2D eigenvalue weighted by Crippen LogP contribution is -2.07. The monoisotopic (exact) mass is 165 g/mol. The molecule has 0 unspecified atom stereocenters. The van der Waals surface area contributed by atoms with Crippen LogP contribution in [-0.4, -0.2) is 12.2 Å². The average Bonchev–Trinajstić information content (AvgIpc) is 2.06. The standard InChI is InChI=1S/C10H15NO/c1-7-4-5-10(12)9(6-11-3)8(7)2/h4-5,11-12H,6H2,1-3H3. The number of nitrogens with one attached hydrogen (secondary N) is 1. The molecule has 66 valence electrons. The molecule has 2 nitrogen and oxygen atoms in total. The Bertz CT molecular complexity index is 281. The molecule has 1 aromatic carbocycles. The van der Waals surface area contributed by atoms with Crippen molar-refractivity contribution in [1.29, 1.82) is 0 Å². The molecular formula is C10H15NO. The fraction of sp³-hybridized carbons (Fsp3) is 0.400. The normalized spacial score (nSPS) is 10.2. The molecule has 1 aromatic rings. The van der Waals surface area contributed by atoms with E-state index >= 15 is 0 Å². The Balaban J connectivity index is 3.14. The Kier molecular flexibility index (Phi) is 2.71. The maximum atomic E-state index is 9.51. The molecule has 2 heteroatoms. The van der Waals surface area contributed by atoms with E-state index in [9.17, 15) is 5.11 Å². The van der Waals surface area contributed by atoms with Crippen molar-refractivity contribution in [3.05, 3.63) is 28.8 Å². The summed E-state index contributed by atoms with van der Waals surface area (Å²) in [4.78, 5) is 0. The van der Waals surface area contributed by atoms with Gasteiger partial charge in [0.1, 0.15) is 5.75 Å². The van der Waals surface area contributed by atoms with E-state index in [4.69, 9.17) is 0 Å². The third-order valence-corrected chi connectivity index (χ3v) is 2.20. The van der Waals surface area contributed by atoms with Crippen molar-refractivity contribution in [3.8, 4) is 5.75 Å².